The molecule has 2 aromatic heterocycles. The Morgan fingerprint density at radius 1 is 1.20 bits per heavy atom. The molecule has 0 bridgehead atoms. The lowest BCUT2D eigenvalue weighted by atomic mass is 10.3. The highest BCUT2D eigenvalue weighted by Crippen LogP contribution is 2.08. The summed E-state index contributed by atoms with van der Waals surface area (Å²) in [7, 11) is 0. The highest BCUT2D eigenvalue weighted by Gasteiger charge is 2.07. The number of H-pyrrole nitrogens is 1. The maximum atomic E-state index is 11.7. The van der Waals surface area contributed by atoms with Crippen molar-refractivity contribution in [3.63, 3.8) is 0 Å². The van der Waals surface area contributed by atoms with Crippen LogP contribution in [0.5, 0.6) is 5.75 Å². The number of aromatic amines is 1. The molecule has 1 aromatic carbocycles. The van der Waals surface area contributed by atoms with Gasteiger partial charge in [-0.3, -0.25) is 5.10 Å². The molecule has 0 saturated heterocycles. The molecule has 25 heavy (non-hydrogen) atoms. The molecule has 2 heterocycles. The Morgan fingerprint density at radius 3 is 2.72 bits per heavy atom. The number of aromatic nitrogens is 4. The van der Waals surface area contributed by atoms with E-state index in [2.05, 4.69) is 25.3 Å². The molecular formula is C16H24N6O2S. The number of hydrogen-bond acceptors (Lipinski definition) is 5. The lowest BCUT2D eigenvalue weighted by Gasteiger charge is -2.06. The highest BCUT2D eigenvalue weighted by molar-refractivity contribution is 7.78. The maximum Gasteiger partial charge on any atom is 0.288 e. The van der Waals surface area contributed by atoms with Crippen molar-refractivity contribution >= 4 is 16.9 Å². The molecule has 0 fully saturated rings. The average Bonchev–Trinajstić information content (AvgIpc) is 3.17. The molecule has 136 valence electrons. The predicted octanol–water partition coefficient (Wildman–Crippen LogP) is 1.73. The van der Waals surface area contributed by atoms with Gasteiger partial charge in [-0.25, -0.2) is 9.24 Å². The summed E-state index contributed by atoms with van der Waals surface area (Å²) in [6.07, 6.45) is 0. The van der Waals surface area contributed by atoms with Crippen LogP contribution in [0.15, 0.2) is 36.4 Å². The van der Waals surface area contributed by atoms with E-state index in [4.69, 9.17) is 4.18 Å². The molecule has 0 aliphatic carbocycles. The smallest absolute Gasteiger partial charge is 0.288 e. The quantitative estimate of drug-likeness (QED) is 0.529. The van der Waals surface area contributed by atoms with Gasteiger partial charge < -0.3 is 9.50 Å². The summed E-state index contributed by atoms with van der Waals surface area (Å²) in [6.45, 7) is 7.66. The van der Waals surface area contributed by atoms with Crippen LogP contribution < -0.4 is 14.2 Å². The van der Waals surface area contributed by atoms with Gasteiger partial charge in [-0.05, 0) is 19.1 Å². The zero-order valence-electron chi connectivity index (χ0n) is 14.7. The molecule has 0 saturated carbocycles. The number of nitrogens with zero attached hydrogens (tertiary/aromatic N) is 3. The maximum absolute atomic E-state index is 11.7. The molecule has 3 aromatic rings. The van der Waals surface area contributed by atoms with Gasteiger partial charge in [-0.2, -0.15) is 4.21 Å². The van der Waals surface area contributed by atoms with Crippen molar-refractivity contribution < 1.29 is 8.39 Å². The molecule has 0 aliphatic rings. The summed E-state index contributed by atoms with van der Waals surface area (Å²) >= 11 is -1.56. The SMILES string of the molecule is CC.Cc1cc2nnc(CNCCNS(=O)Oc3ccccc3)n2[nH]1. The van der Waals surface area contributed by atoms with E-state index in [1.807, 2.05) is 49.6 Å². The van der Waals surface area contributed by atoms with Crippen LogP contribution in [0.3, 0.4) is 0 Å². The van der Waals surface area contributed by atoms with Gasteiger partial charge in [0.15, 0.2) is 11.5 Å². The fourth-order valence-corrected chi connectivity index (χ4v) is 2.69. The number of fused-ring (bicyclic) bond motifs is 1. The Labute approximate surface area is 149 Å². The van der Waals surface area contributed by atoms with Gasteiger partial charge in [0, 0.05) is 24.8 Å². The van der Waals surface area contributed by atoms with Crippen molar-refractivity contribution in [2.24, 2.45) is 0 Å². The summed E-state index contributed by atoms with van der Waals surface area (Å²) in [4.78, 5) is 0. The van der Waals surface area contributed by atoms with Crippen molar-refractivity contribution in [1.29, 1.82) is 0 Å². The molecule has 0 aliphatic heterocycles. The molecule has 1 atom stereocenters. The molecule has 0 radical (unpaired) electrons. The van der Waals surface area contributed by atoms with Gasteiger partial charge in [-0.15, -0.1) is 10.2 Å². The largest absolute Gasteiger partial charge is 0.389 e. The minimum atomic E-state index is -1.56. The van der Waals surface area contributed by atoms with E-state index in [1.54, 1.807) is 12.1 Å². The summed E-state index contributed by atoms with van der Waals surface area (Å²) in [5.41, 5.74) is 1.83. The van der Waals surface area contributed by atoms with E-state index in [0.717, 1.165) is 17.2 Å². The number of para-hydroxylation sites is 1. The third kappa shape index (κ3) is 5.66. The first-order chi connectivity index (χ1) is 12.2. The lowest BCUT2D eigenvalue weighted by molar-refractivity contribution is 0.543. The van der Waals surface area contributed by atoms with Crippen molar-refractivity contribution in [3.8, 4) is 5.75 Å². The third-order valence-electron chi connectivity index (χ3n) is 3.11. The van der Waals surface area contributed by atoms with Crippen molar-refractivity contribution in [2.75, 3.05) is 13.1 Å². The molecule has 3 N–H and O–H groups in total. The molecule has 0 spiro atoms. The van der Waals surface area contributed by atoms with E-state index < -0.39 is 11.3 Å². The zero-order valence-corrected chi connectivity index (χ0v) is 15.5. The Morgan fingerprint density at radius 2 is 1.96 bits per heavy atom. The standard InChI is InChI=1S/C14H18N6O2S.C2H6/c1-11-9-13-17-18-14(20(13)19-11)10-15-7-8-16-23(21)22-12-5-3-2-4-6-12;1-2/h2-6,9,15-16,19H,7-8,10H2,1H3;1-2H3. The predicted molar refractivity (Wildman–Crippen MR) is 98.3 cm³/mol. The second-order valence-corrected chi connectivity index (χ2v) is 5.88. The average molecular weight is 364 g/mol. The van der Waals surface area contributed by atoms with Crippen molar-refractivity contribution in [2.45, 2.75) is 27.3 Å². The fraction of sp³-hybridized carbons (Fsp3) is 0.375. The van der Waals surface area contributed by atoms with Gasteiger partial charge in [0.05, 0.1) is 6.54 Å². The van der Waals surface area contributed by atoms with Crippen LogP contribution in [0, 0.1) is 6.92 Å². The van der Waals surface area contributed by atoms with Crippen LogP contribution >= 0.6 is 0 Å². The van der Waals surface area contributed by atoms with Crippen molar-refractivity contribution in [3.05, 3.63) is 47.9 Å². The van der Waals surface area contributed by atoms with E-state index in [9.17, 15) is 4.21 Å². The van der Waals surface area contributed by atoms with Crippen LogP contribution in [0.1, 0.15) is 25.4 Å². The fourth-order valence-electron chi connectivity index (χ4n) is 2.08. The first kappa shape index (κ1) is 19.1. The summed E-state index contributed by atoms with van der Waals surface area (Å²) in [6, 6.07) is 11.0. The second kappa shape index (κ2) is 9.92. The molecule has 3 rings (SSSR count). The van der Waals surface area contributed by atoms with Crippen LogP contribution in [0.2, 0.25) is 0 Å². The molecule has 1 unspecified atom stereocenters. The topological polar surface area (TPSA) is 96.3 Å². The van der Waals surface area contributed by atoms with E-state index in [-0.39, 0.29) is 0 Å². The summed E-state index contributed by atoms with van der Waals surface area (Å²) in [5.74, 6) is 1.37. The van der Waals surface area contributed by atoms with Gasteiger partial charge in [0.1, 0.15) is 5.75 Å². The molecule has 8 nitrogen and oxygen atoms in total. The summed E-state index contributed by atoms with van der Waals surface area (Å²) in [5, 5.41) is 14.5. The van der Waals surface area contributed by atoms with Gasteiger partial charge in [0.25, 0.3) is 11.3 Å². The normalized spacial score (nSPS) is 11.8. The van der Waals surface area contributed by atoms with Crippen LogP contribution in [0.25, 0.3) is 5.65 Å². The molecule has 9 heteroatoms. The number of aryl methyl sites for hydroxylation is 1. The van der Waals surface area contributed by atoms with E-state index in [0.29, 0.717) is 25.4 Å². The Bertz CT molecular complexity index is 786. The van der Waals surface area contributed by atoms with Gasteiger partial charge in [0.2, 0.25) is 0 Å². The van der Waals surface area contributed by atoms with E-state index in [1.165, 1.54) is 0 Å². The van der Waals surface area contributed by atoms with Crippen LogP contribution in [0.4, 0.5) is 0 Å². The minimum Gasteiger partial charge on any atom is -0.389 e. The third-order valence-corrected chi connectivity index (χ3v) is 3.89. The first-order valence-corrected chi connectivity index (χ1v) is 9.29. The van der Waals surface area contributed by atoms with Gasteiger partial charge >= 0.3 is 0 Å². The zero-order chi connectivity index (χ0) is 18.1. The van der Waals surface area contributed by atoms with Crippen LogP contribution in [-0.2, 0) is 17.8 Å². The Balaban J connectivity index is 0.00000109. The Hall–Kier alpha value is -2.23. The first-order valence-electron chi connectivity index (χ1n) is 8.21. The Kier molecular flexibility index (Phi) is 7.58. The molecular weight excluding hydrogens is 340 g/mol. The second-order valence-electron chi connectivity index (χ2n) is 4.95. The number of hydrogen-bond donors (Lipinski definition) is 3. The highest BCUT2D eigenvalue weighted by atomic mass is 32.2. The van der Waals surface area contributed by atoms with Crippen LogP contribution in [-0.4, -0.2) is 37.1 Å². The number of rotatable bonds is 8. The minimum absolute atomic E-state index is 0.505. The number of nitrogens with one attached hydrogen (secondary N) is 3. The van der Waals surface area contributed by atoms with E-state index >= 15 is 0 Å². The van der Waals surface area contributed by atoms with Gasteiger partial charge in [-0.1, -0.05) is 32.0 Å². The summed E-state index contributed by atoms with van der Waals surface area (Å²) < 4.78 is 21.6. The number of benzene rings is 1. The monoisotopic (exact) mass is 364 g/mol. The lowest BCUT2D eigenvalue weighted by Crippen LogP contribution is -2.30. The van der Waals surface area contributed by atoms with Crippen molar-refractivity contribution in [1.82, 2.24) is 29.9 Å². The molecule has 0 amide bonds.